The molecule has 0 saturated heterocycles. The van der Waals surface area contributed by atoms with Gasteiger partial charge in [-0.3, -0.25) is 0 Å². The summed E-state index contributed by atoms with van der Waals surface area (Å²) in [6.07, 6.45) is 3.28. The molecule has 0 radical (unpaired) electrons. The standard InChI is InChI=1S/C13H21NO2S/c1-10(6-7-17-3)14-9-11-4-5-13(16-2)12(15)8-11/h4-5,8,10,14-15H,6-7,9H2,1-3H3. The number of thioether (sulfide) groups is 1. The SMILES string of the molecule is COc1ccc(CNC(C)CCSC)cc1O. The zero-order valence-electron chi connectivity index (χ0n) is 10.7. The van der Waals surface area contributed by atoms with Gasteiger partial charge in [0.2, 0.25) is 0 Å². The minimum absolute atomic E-state index is 0.198. The second-order valence-corrected chi connectivity index (χ2v) is 5.06. The van der Waals surface area contributed by atoms with Crippen LogP contribution in [0.2, 0.25) is 0 Å². The average Bonchev–Trinajstić information content (AvgIpc) is 2.34. The number of rotatable bonds is 7. The highest BCUT2D eigenvalue weighted by atomic mass is 32.2. The van der Waals surface area contributed by atoms with Gasteiger partial charge in [0.25, 0.3) is 0 Å². The van der Waals surface area contributed by atoms with E-state index in [0.717, 1.165) is 18.5 Å². The number of phenols is 1. The average molecular weight is 255 g/mol. The van der Waals surface area contributed by atoms with Gasteiger partial charge < -0.3 is 15.2 Å². The molecule has 4 heteroatoms. The van der Waals surface area contributed by atoms with E-state index in [1.54, 1.807) is 19.2 Å². The van der Waals surface area contributed by atoms with Crippen molar-refractivity contribution in [2.75, 3.05) is 19.1 Å². The summed E-state index contributed by atoms with van der Waals surface area (Å²) in [5.74, 6) is 1.88. The molecule has 96 valence electrons. The Kier molecular flexibility index (Phi) is 6.22. The van der Waals surface area contributed by atoms with Crippen LogP contribution in [0.1, 0.15) is 18.9 Å². The van der Waals surface area contributed by atoms with E-state index in [1.165, 1.54) is 5.75 Å². The van der Waals surface area contributed by atoms with Gasteiger partial charge >= 0.3 is 0 Å². The summed E-state index contributed by atoms with van der Waals surface area (Å²) in [4.78, 5) is 0. The number of methoxy groups -OCH3 is 1. The van der Waals surface area contributed by atoms with E-state index in [1.807, 2.05) is 17.8 Å². The van der Waals surface area contributed by atoms with Crippen molar-refractivity contribution in [2.24, 2.45) is 0 Å². The maximum absolute atomic E-state index is 9.64. The third kappa shape index (κ3) is 4.88. The summed E-state index contributed by atoms with van der Waals surface area (Å²) in [6.45, 7) is 2.95. The first-order chi connectivity index (χ1) is 8.17. The predicted molar refractivity (Wildman–Crippen MR) is 74.0 cm³/mol. The summed E-state index contributed by atoms with van der Waals surface area (Å²) in [5.41, 5.74) is 1.07. The fraction of sp³-hybridized carbons (Fsp3) is 0.538. The molecule has 1 rings (SSSR count). The van der Waals surface area contributed by atoms with Gasteiger partial charge in [0.1, 0.15) is 0 Å². The molecule has 1 unspecified atom stereocenters. The third-order valence-electron chi connectivity index (χ3n) is 2.65. The Labute approximate surface area is 108 Å². The first-order valence-corrected chi connectivity index (χ1v) is 7.15. The van der Waals surface area contributed by atoms with Crippen molar-refractivity contribution in [3.8, 4) is 11.5 Å². The van der Waals surface area contributed by atoms with E-state index in [-0.39, 0.29) is 5.75 Å². The van der Waals surface area contributed by atoms with E-state index in [0.29, 0.717) is 11.8 Å². The first kappa shape index (κ1) is 14.2. The van der Waals surface area contributed by atoms with Gasteiger partial charge in [-0.15, -0.1) is 0 Å². The van der Waals surface area contributed by atoms with Crippen LogP contribution in [0.25, 0.3) is 0 Å². The number of nitrogens with one attached hydrogen (secondary N) is 1. The highest BCUT2D eigenvalue weighted by Crippen LogP contribution is 2.26. The lowest BCUT2D eigenvalue weighted by Crippen LogP contribution is -2.25. The Morgan fingerprint density at radius 1 is 1.47 bits per heavy atom. The highest BCUT2D eigenvalue weighted by Gasteiger charge is 2.04. The van der Waals surface area contributed by atoms with Gasteiger partial charge in [-0.2, -0.15) is 11.8 Å². The van der Waals surface area contributed by atoms with Crippen LogP contribution in [0.5, 0.6) is 11.5 Å². The Morgan fingerprint density at radius 3 is 2.82 bits per heavy atom. The number of aromatic hydroxyl groups is 1. The molecule has 1 aromatic carbocycles. The van der Waals surface area contributed by atoms with E-state index in [4.69, 9.17) is 4.74 Å². The monoisotopic (exact) mass is 255 g/mol. The van der Waals surface area contributed by atoms with Gasteiger partial charge in [0.15, 0.2) is 11.5 Å². The minimum Gasteiger partial charge on any atom is -0.504 e. The van der Waals surface area contributed by atoms with Crippen LogP contribution in [0.3, 0.4) is 0 Å². The smallest absolute Gasteiger partial charge is 0.160 e. The molecule has 0 bridgehead atoms. The lowest BCUT2D eigenvalue weighted by Gasteiger charge is -2.13. The molecule has 3 nitrogen and oxygen atoms in total. The van der Waals surface area contributed by atoms with Crippen LogP contribution in [-0.2, 0) is 6.54 Å². The van der Waals surface area contributed by atoms with Crippen LogP contribution in [0, 0.1) is 0 Å². The van der Waals surface area contributed by atoms with E-state index < -0.39 is 0 Å². The van der Waals surface area contributed by atoms with E-state index in [9.17, 15) is 5.11 Å². The van der Waals surface area contributed by atoms with Crippen molar-refractivity contribution < 1.29 is 9.84 Å². The first-order valence-electron chi connectivity index (χ1n) is 5.75. The molecule has 0 fully saturated rings. The molecule has 0 amide bonds. The normalized spacial score (nSPS) is 12.4. The maximum atomic E-state index is 9.64. The minimum atomic E-state index is 0.198. The summed E-state index contributed by atoms with van der Waals surface area (Å²) < 4.78 is 5.01. The number of benzene rings is 1. The zero-order chi connectivity index (χ0) is 12.7. The van der Waals surface area contributed by atoms with Crippen LogP contribution in [0.4, 0.5) is 0 Å². The van der Waals surface area contributed by atoms with Crippen LogP contribution in [0.15, 0.2) is 18.2 Å². The van der Waals surface area contributed by atoms with Crippen molar-refractivity contribution in [1.29, 1.82) is 0 Å². The fourth-order valence-corrected chi connectivity index (χ4v) is 2.12. The quantitative estimate of drug-likeness (QED) is 0.786. The Balaban J connectivity index is 2.44. The number of hydrogen-bond acceptors (Lipinski definition) is 4. The third-order valence-corrected chi connectivity index (χ3v) is 3.30. The van der Waals surface area contributed by atoms with Gasteiger partial charge in [-0.25, -0.2) is 0 Å². The van der Waals surface area contributed by atoms with Gasteiger partial charge in [0, 0.05) is 12.6 Å². The summed E-state index contributed by atoms with van der Waals surface area (Å²) in [6, 6.07) is 5.99. The fourth-order valence-electron chi connectivity index (χ4n) is 1.53. The molecule has 0 spiro atoms. The molecule has 0 heterocycles. The van der Waals surface area contributed by atoms with Gasteiger partial charge in [-0.05, 0) is 43.0 Å². The largest absolute Gasteiger partial charge is 0.504 e. The molecule has 1 aromatic rings. The number of hydrogen-bond donors (Lipinski definition) is 2. The Morgan fingerprint density at radius 2 is 2.24 bits per heavy atom. The summed E-state index contributed by atoms with van der Waals surface area (Å²) in [5, 5.41) is 13.1. The zero-order valence-corrected chi connectivity index (χ0v) is 11.5. The predicted octanol–water partition coefficient (Wildman–Crippen LogP) is 2.63. The molecular formula is C13H21NO2S. The van der Waals surface area contributed by atoms with Crippen LogP contribution < -0.4 is 10.1 Å². The molecule has 2 N–H and O–H groups in total. The van der Waals surface area contributed by atoms with Crippen molar-refractivity contribution in [3.05, 3.63) is 23.8 Å². The second kappa shape index (κ2) is 7.45. The molecule has 0 aliphatic rings. The molecular weight excluding hydrogens is 234 g/mol. The van der Waals surface area contributed by atoms with E-state index in [2.05, 4.69) is 18.5 Å². The van der Waals surface area contributed by atoms with Crippen molar-refractivity contribution in [1.82, 2.24) is 5.32 Å². The van der Waals surface area contributed by atoms with Crippen molar-refractivity contribution in [2.45, 2.75) is 25.9 Å². The van der Waals surface area contributed by atoms with Crippen LogP contribution >= 0.6 is 11.8 Å². The molecule has 0 aliphatic carbocycles. The Hall–Kier alpha value is -0.870. The topological polar surface area (TPSA) is 41.5 Å². The molecule has 17 heavy (non-hydrogen) atoms. The van der Waals surface area contributed by atoms with Crippen molar-refractivity contribution >= 4 is 11.8 Å². The van der Waals surface area contributed by atoms with Gasteiger partial charge in [-0.1, -0.05) is 6.07 Å². The number of ether oxygens (including phenoxy) is 1. The molecule has 0 aliphatic heterocycles. The van der Waals surface area contributed by atoms with Crippen molar-refractivity contribution in [3.63, 3.8) is 0 Å². The Bertz CT molecular complexity index is 344. The van der Waals surface area contributed by atoms with E-state index >= 15 is 0 Å². The lowest BCUT2D eigenvalue weighted by atomic mass is 10.2. The molecule has 1 atom stereocenters. The second-order valence-electron chi connectivity index (χ2n) is 4.07. The number of phenolic OH excluding ortho intramolecular Hbond substituents is 1. The lowest BCUT2D eigenvalue weighted by molar-refractivity contribution is 0.373. The summed E-state index contributed by atoms with van der Waals surface area (Å²) in [7, 11) is 1.55. The highest BCUT2D eigenvalue weighted by molar-refractivity contribution is 7.98. The molecule has 0 aromatic heterocycles. The maximum Gasteiger partial charge on any atom is 0.160 e. The van der Waals surface area contributed by atoms with Crippen LogP contribution in [-0.4, -0.2) is 30.3 Å². The summed E-state index contributed by atoms with van der Waals surface area (Å²) >= 11 is 1.86. The molecule has 0 saturated carbocycles. The van der Waals surface area contributed by atoms with Gasteiger partial charge in [0.05, 0.1) is 7.11 Å².